The number of nitrogens with zero attached hydrogens (tertiary/aromatic N) is 2. The smallest absolute Gasteiger partial charge is 0.328 e. The monoisotopic (exact) mass is 361 g/mol. The van der Waals surface area contributed by atoms with Gasteiger partial charge in [-0.05, 0) is 37.1 Å². The minimum Gasteiger partial charge on any atom is -0.493 e. The molecule has 0 saturated carbocycles. The van der Waals surface area contributed by atoms with Crippen LogP contribution in [-0.2, 0) is 11.3 Å². The van der Waals surface area contributed by atoms with Crippen LogP contribution in [0.15, 0.2) is 46.1 Å². The highest BCUT2D eigenvalue weighted by molar-refractivity contribution is 5.76. The molecule has 1 atom stereocenters. The summed E-state index contributed by atoms with van der Waals surface area (Å²) in [5, 5.41) is 0. The van der Waals surface area contributed by atoms with Gasteiger partial charge in [-0.3, -0.25) is 19.1 Å². The number of rotatable bonds is 5. The van der Waals surface area contributed by atoms with Crippen LogP contribution >= 0.6 is 0 Å². The predicted molar refractivity (Wildman–Crippen MR) is 92.5 cm³/mol. The average Bonchev–Trinajstić information content (AvgIpc) is 2.64. The first-order chi connectivity index (χ1) is 12.5. The zero-order valence-electron chi connectivity index (χ0n) is 14.2. The lowest BCUT2D eigenvalue weighted by molar-refractivity contribution is -0.133. The molecule has 3 rings (SSSR count). The highest BCUT2D eigenvalue weighted by atomic mass is 19.1. The van der Waals surface area contributed by atoms with E-state index in [0.717, 1.165) is 12.8 Å². The summed E-state index contributed by atoms with van der Waals surface area (Å²) in [4.78, 5) is 39.1. The fourth-order valence-corrected chi connectivity index (χ4v) is 2.99. The number of H-pyrrole nitrogens is 1. The number of carbonyl (C=O) groups excluding carboxylic acids is 1. The summed E-state index contributed by atoms with van der Waals surface area (Å²) in [6, 6.07) is 7.04. The van der Waals surface area contributed by atoms with Crippen LogP contribution in [-0.4, -0.2) is 40.1 Å². The minimum atomic E-state index is -0.598. The standard InChI is InChI=1S/C18H20FN3O4/c19-14-3-5-15(6-4-14)26-12-13-2-1-8-21(10-13)17(24)11-22-9-7-16(23)20-18(22)25/h3-7,9,13H,1-2,8,10-12H2,(H,20,23,25). The van der Waals surface area contributed by atoms with Crippen molar-refractivity contribution >= 4 is 5.91 Å². The maximum absolute atomic E-state index is 12.9. The second-order valence-electron chi connectivity index (χ2n) is 6.35. The van der Waals surface area contributed by atoms with E-state index in [1.54, 1.807) is 17.0 Å². The van der Waals surface area contributed by atoms with Crippen LogP contribution in [0.1, 0.15) is 12.8 Å². The van der Waals surface area contributed by atoms with E-state index in [-0.39, 0.29) is 24.2 Å². The van der Waals surface area contributed by atoms with Gasteiger partial charge in [0, 0.05) is 31.3 Å². The molecule has 1 aromatic heterocycles. The Morgan fingerprint density at radius 2 is 2.00 bits per heavy atom. The Morgan fingerprint density at radius 1 is 1.23 bits per heavy atom. The van der Waals surface area contributed by atoms with Gasteiger partial charge in [-0.1, -0.05) is 0 Å². The minimum absolute atomic E-state index is 0.110. The van der Waals surface area contributed by atoms with E-state index in [9.17, 15) is 18.8 Å². The van der Waals surface area contributed by atoms with Crippen LogP contribution in [0.3, 0.4) is 0 Å². The Bertz CT molecular complexity index is 875. The third kappa shape index (κ3) is 4.59. The van der Waals surface area contributed by atoms with Gasteiger partial charge in [-0.25, -0.2) is 9.18 Å². The SMILES string of the molecule is O=C(Cn1ccc(=O)[nH]c1=O)N1CCCC(COc2ccc(F)cc2)C1. The lowest BCUT2D eigenvalue weighted by Crippen LogP contribution is -2.44. The molecule has 1 saturated heterocycles. The topological polar surface area (TPSA) is 84.4 Å². The van der Waals surface area contributed by atoms with Gasteiger partial charge in [-0.15, -0.1) is 0 Å². The zero-order chi connectivity index (χ0) is 18.5. The first-order valence-electron chi connectivity index (χ1n) is 8.47. The number of carbonyl (C=O) groups is 1. The van der Waals surface area contributed by atoms with Gasteiger partial charge in [-0.2, -0.15) is 0 Å². The quantitative estimate of drug-likeness (QED) is 0.861. The van der Waals surface area contributed by atoms with E-state index in [4.69, 9.17) is 4.74 Å². The summed E-state index contributed by atoms with van der Waals surface area (Å²) in [6.07, 6.45) is 3.10. The molecule has 0 aliphatic carbocycles. The molecule has 0 spiro atoms. The second kappa shape index (κ2) is 7.99. The van der Waals surface area contributed by atoms with Crippen LogP contribution in [0, 0.1) is 11.7 Å². The number of benzene rings is 1. The average molecular weight is 361 g/mol. The highest BCUT2D eigenvalue weighted by Gasteiger charge is 2.24. The largest absolute Gasteiger partial charge is 0.493 e. The van der Waals surface area contributed by atoms with Crippen molar-refractivity contribution in [3.63, 3.8) is 0 Å². The fourth-order valence-electron chi connectivity index (χ4n) is 2.99. The Morgan fingerprint density at radius 3 is 2.73 bits per heavy atom. The molecule has 1 fully saturated rings. The molecule has 1 aliphatic rings. The lowest BCUT2D eigenvalue weighted by Gasteiger charge is -2.32. The molecule has 1 unspecified atom stereocenters. The van der Waals surface area contributed by atoms with E-state index >= 15 is 0 Å². The van der Waals surface area contributed by atoms with Gasteiger partial charge in [0.1, 0.15) is 18.1 Å². The Kier molecular flexibility index (Phi) is 5.50. The number of ether oxygens (including phenoxy) is 1. The number of nitrogens with one attached hydrogen (secondary N) is 1. The first kappa shape index (κ1) is 17.9. The molecule has 26 heavy (non-hydrogen) atoms. The Hall–Kier alpha value is -2.90. The van der Waals surface area contributed by atoms with Crippen molar-refractivity contribution in [1.29, 1.82) is 0 Å². The zero-order valence-corrected chi connectivity index (χ0v) is 14.2. The van der Waals surface area contributed by atoms with Crippen molar-refractivity contribution in [1.82, 2.24) is 14.5 Å². The van der Waals surface area contributed by atoms with Crippen LogP contribution < -0.4 is 16.0 Å². The summed E-state index contributed by atoms with van der Waals surface area (Å²) in [5.41, 5.74) is -1.09. The van der Waals surface area contributed by atoms with E-state index < -0.39 is 11.2 Å². The van der Waals surface area contributed by atoms with E-state index in [1.165, 1.54) is 29.0 Å². The van der Waals surface area contributed by atoms with Gasteiger partial charge in [0.05, 0.1) is 6.61 Å². The summed E-state index contributed by atoms with van der Waals surface area (Å²) in [7, 11) is 0. The van der Waals surface area contributed by atoms with Crippen LogP contribution in [0.4, 0.5) is 4.39 Å². The van der Waals surface area contributed by atoms with Crippen LogP contribution in [0.2, 0.25) is 0 Å². The third-order valence-corrected chi connectivity index (χ3v) is 4.37. The summed E-state index contributed by atoms with van der Waals surface area (Å²) < 4.78 is 19.8. The van der Waals surface area contributed by atoms with Crippen molar-refractivity contribution < 1.29 is 13.9 Å². The maximum Gasteiger partial charge on any atom is 0.328 e. The first-order valence-corrected chi connectivity index (χ1v) is 8.47. The molecule has 1 aromatic carbocycles. The summed E-state index contributed by atoms with van der Waals surface area (Å²) in [6.45, 7) is 1.50. The number of aromatic amines is 1. The molecule has 1 N–H and O–H groups in total. The summed E-state index contributed by atoms with van der Waals surface area (Å²) >= 11 is 0. The number of likely N-dealkylation sites (tertiary alicyclic amines) is 1. The molecule has 0 radical (unpaired) electrons. The van der Waals surface area contributed by atoms with Gasteiger partial charge in [0.15, 0.2) is 0 Å². The molecular formula is C18H20FN3O4. The maximum atomic E-state index is 12.9. The molecule has 8 heteroatoms. The van der Waals surface area contributed by atoms with Gasteiger partial charge < -0.3 is 9.64 Å². The molecule has 1 aliphatic heterocycles. The Balaban J connectivity index is 1.55. The molecule has 1 amide bonds. The van der Waals surface area contributed by atoms with Crippen LogP contribution in [0.5, 0.6) is 5.75 Å². The van der Waals surface area contributed by atoms with E-state index in [1.807, 2.05) is 0 Å². The van der Waals surface area contributed by atoms with Gasteiger partial charge in [0.25, 0.3) is 5.56 Å². The van der Waals surface area contributed by atoms with Crippen molar-refractivity contribution in [2.75, 3.05) is 19.7 Å². The molecule has 7 nitrogen and oxygen atoms in total. The van der Waals surface area contributed by atoms with Gasteiger partial charge in [0.2, 0.25) is 5.91 Å². The summed E-state index contributed by atoms with van der Waals surface area (Å²) in [5.74, 6) is 0.273. The molecule has 0 bridgehead atoms. The number of hydrogen-bond acceptors (Lipinski definition) is 4. The Labute approximate surface area is 149 Å². The second-order valence-corrected chi connectivity index (χ2v) is 6.35. The third-order valence-electron chi connectivity index (χ3n) is 4.37. The molecular weight excluding hydrogens is 341 g/mol. The number of halogens is 1. The number of amides is 1. The normalized spacial score (nSPS) is 17.1. The molecule has 2 heterocycles. The van der Waals surface area contributed by atoms with E-state index in [0.29, 0.717) is 25.4 Å². The number of piperidine rings is 1. The van der Waals surface area contributed by atoms with Crippen molar-refractivity contribution in [2.24, 2.45) is 5.92 Å². The highest BCUT2D eigenvalue weighted by Crippen LogP contribution is 2.19. The van der Waals surface area contributed by atoms with E-state index in [2.05, 4.69) is 4.98 Å². The fraction of sp³-hybridized carbons (Fsp3) is 0.389. The number of hydrogen-bond donors (Lipinski definition) is 1. The lowest BCUT2D eigenvalue weighted by atomic mass is 9.99. The van der Waals surface area contributed by atoms with Crippen molar-refractivity contribution in [3.05, 3.63) is 63.2 Å². The van der Waals surface area contributed by atoms with Crippen molar-refractivity contribution in [2.45, 2.75) is 19.4 Å². The van der Waals surface area contributed by atoms with Crippen LogP contribution in [0.25, 0.3) is 0 Å². The molecule has 2 aromatic rings. The number of aromatic nitrogens is 2. The molecule has 138 valence electrons. The predicted octanol–water partition coefficient (Wildman–Crippen LogP) is 0.993. The van der Waals surface area contributed by atoms with Crippen molar-refractivity contribution in [3.8, 4) is 5.75 Å². The van der Waals surface area contributed by atoms with Gasteiger partial charge >= 0.3 is 5.69 Å².